The predicted octanol–water partition coefficient (Wildman–Crippen LogP) is 3.66. The van der Waals surface area contributed by atoms with Crippen molar-refractivity contribution in [3.63, 3.8) is 0 Å². The minimum atomic E-state index is 0.362. The molecular formula is C14H17NO. The van der Waals surface area contributed by atoms with E-state index < -0.39 is 0 Å². The third-order valence-electron chi connectivity index (χ3n) is 2.66. The highest BCUT2D eigenvalue weighted by molar-refractivity contribution is 5.77. The Kier molecular flexibility index (Phi) is 3.73. The number of hydrogen-bond donors (Lipinski definition) is 0. The Balaban J connectivity index is 3.40. The van der Waals surface area contributed by atoms with E-state index in [0.717, 1.165) is 22.4 Å². The van der Waals surface area contributed by atoms with Crippen LogP contribution in [0.15, 0.2) is 18.7 Å². The van der Waals surface area contributed by atoms with Crippen molar-refractivity contribution in [1.82, 2.24) is 0 Å². The Labute approximate surface area is 97.2 Å². The van der Waals surface area contributed by atoms with Crippen LogP contribution in [0.25, 0.3) is 5.57 Å². The van der Waals surface area contributed by atoms with Crippen LogP contribution < -0.4 is 4.74 Å². The van der Waals surface area contributed by atoms with Crippen LogP contribution >= 0.6 is 0 Å². The molecule has 0 aromatic heterocycles. The summed E-state index contributed by atoms with van der Waals surface area (Å²) in [6, 6.07) is 6.06. The first kappa shape index (κ1) is 12.3. The number of nitriles is 1. The molecular weight excluding hydrogens is 198 g/mol. The summed E-state index contributed by atoms with van der Waals surface area (Å²) in [7, 11) is 1.67. The van der Waals surface area contributed by atoms with Gasteiger partial charge in [0.2, 0.25) is 0 Å². The Morgan fingerprint density at radius 2 is 2.06 bits per heavy atom. The maximum atomic E-state index is 8.89. The lowest BCUT2D eigenvalue weighted by Crippen LogP contribution is -1.98. The van der Waals surface area contributed by atoms with Crippen LogP contribution in [0.3, 0.4) is 0 Å². The molecule has 0 atom stereocenters. The quantitative estimate of drug-likeness (QED) is 0.721. The minimum Gasteiger partial charge on any atom is -0.496 e. The van der Waals surface area contributed by atoms with Crippen LogP contribution in [0, 0.1) is 18.3 Å². The Hall–Kier alpha value is -1.75. The number of nitrogens with zero attached hydrogens (tertiary/aromatic N) is 1. The smallest absolute Gasteiger partial charge is 0.122 e. The van der Waals surface area contributed by atoms with E-state index in [0.29, 0.717) is 11.5 Å². The molecule has 0 N–H and O–H groups in total. The lowest BCUT2D eigenvalue weighted by molar-refractivity contribution is 0.407. The highest BCUT2D eigenvalue weighted by Gasteiger charge is 2.12. The second kappa shape index (κ2) is 4.85. The highest BCUT2D eigenvalue weighted by Crippen LogP contribution is 2.31. The molecule has 0 fully saturated rings. The van der Waals surface area contributed by atoms with E-state index in [1.807, 2.05) is 19.1 Å². The van der Waals surface area contributed by atoms with Crippen molar-refractivity contribution in [2.24, 2.45) is 0 Å². The van der Waals surface area contributed by atoms with E-state index in [4.69, 9.17) is 10.00 Å². The summed E-state index contributed by atoms with van der Waals surface area (Å²) < 4.78 is 5.34. The van der Waals surface area contributed by atoms with Gasteiger partial charge in [0.1, 0.15) is 5.75 Å². The van der Waals surface area contributed by atoms with Gasteiger partial charge in [0.15, 0.2) is 0 Å². The minimum absolute atomic E-state index is 0.362. The van der Waals surface area contributed by atoms with Gasteiger partial charge in [-0.15, -0.1) is 0 Å². The molecule has 2 nitrogen and oxygen atoms in total. The Morgan fingerprint density at radius 1 is 1.44 bits per heavy atom. The lowest BCUT2D eigenvalue weighted by atomic mass is 9.94. The van der Waals surface area contributed by atoms with Crippen molar-refractivity contribution in [1.29, 1.82) is 5.26 Å². The fourth-order valence-corrected chi connectivity index (χ4v) is 1.71. The van der Waals surface area contributed by atoms with E-state index in [9.17, 15) is 0 Å². The van der Waals surface area contributed by atoms with Gasteiger partial charge in [-0.05, 0) is 41.7 Å². The summed E-state index contributed by atoms with van der Waals surface area (Å²) in [4.78, 5) is 0. The topological polar surface area (TPSA) is 33.0 Å². The molecule has 0 saturated carbocycles. The fourth-order valence-electron chi connectivity index (χ4n) is 1.71. The van der Waals surface area contributed by atoms with Gasteiger partial charge in [0.05, 0.1) is 18.8 Å². The van der Waals surface area contributed by atoms with Crippen LogP contribution in [0.1, 0.15) is 36.5 Å². The molecule has 1 rings (SSSR count). The van der Waals surface area contributed by atoms with Gasteiger partial charge in [0, 0.05) is 0 Å². The van der Waals surface area contributed by atoms with Crippen molar-refractivity contribution in [3.8, 4) is 11.8 Å². The summed E-state index contributed by atoms with van der Waals surface area (Å²) in [5.41, 5.74) is 3.54. The number of benzene rings is 1. The normalized spacial score (nSPS) is 10.0. The van der Waals surface area contributed by atoms with E-state index >= 15 is 0 Å². The molecule has 16 heavy (non-hydrogen) atoms. The van der Waals surface area contributed by atoms with Crippen LogP contribution in [0.2, 0.25) is 0 Å². The molecule has 0 heterocycles. The summed E-state index contributed by atoms with van der Waals surface area (Å²) in [6.45, 7) is 9.93. The molecule has 0 spiro atoms. The van der Waals surface area contributed by atoms with Crippen LogP contribution in [-0.4, -0.2) is 7.11 Å². The molecule has 84 valence electrons. The molecule has 0 unspecified atom stereocenters. The van der Waals surface area contributed by atoms with Gasteiger partial charge < -0.3 is 4.74 Å². The molecule has 0 aliphatic carbocycles. The van der Waals surface area contributed by atoms with Gasteiger partial charge in [-0.25, -0.2) is 0 Å². The zero-order valence-corrected chi connectivity index (χ0v) is 10.3. The first-order valence-electron chi connectivity index (χ1n) is 5.29. The van der Waals surface area contributed by atoms with Crippen molar-refractivity contribution in [2.75, 3.05) is 7.11 Å². The summed E-state index contributed by atoms with van der Waals surface area (Å²) in [5.74, 6) is 1.24. The maximum absolute atomic E-state index is 8.89. The molecule has 1 aromatic carbocycles. The van der Waals surface area contributed by atoms with Crippen molar-refractivity contribution < 1.29 is 4.74 Å². The zero-order valence-electron chi connectivity index (χ0n) is 10.3. The first-order valence-corrected chi connectivity index (χ1v) is 5.29. The van der Waals surface area contributed by atoms with Gasteiger partial charge >= 0.3 is 0 Å². The molecule has 2 heteroatoms. The number of hydrogen-bond acceptors (Lipinski definition) is 2. The molecule has 0 radical (unpaired) electrons. The van der Waals surface area contributed by atoms with Gasteiger partial charge in [-0.3, -0.25) is 0 Å². The Bertz CT molecular complexity index is 453. The van der Waals surface area contributed by atoms with Crippen molar-refractivity contribution >= 4 is 5.57 Å². The van der Waals surface area contributed by atoms with Gasteiger partial charge in [-0.2, -0.15) is 5.26 Å². The third-order valence-corrected chi connectivity index (χ3v) is 2.66. The van der Waals surface area contributed by atoms with Gasteiger partial charge in [0.25, 0.3) is 0 Å². The largest absolute Gasteiger partial charge is 0.496 e. The van der Waals surface area contributed by atoms with Gasteiger partial charge in [-0.1, -0.05) is 20.4 Å². The number of allylic oxidation sites excluding steroid dienone is 1. The summed E-state index contributed by atoms with van der Waals surface area (Å²) >= 11 is 0. The van der Waals surface area contributed by atoms with Crippen molar-refractivity contribution in [3.05, 3.63) is 35.4 Å². The molecule has 0 aliphatic heterocycles. The van der Waals surface area contributed by atoms with E-state index in [2.05, 4.69) is 26.5 Å². The number of rotatable bonds is 3. The van der Waals surface area contributed by atoms with Crippen LogP contribution in [0.4, 0.5) is 0 Å². The standard InChI is InChI=1S/C14H17NO/c1-9(2)12-7-13(11(4)8-15)10(3)6-14(12)16-5/h6-7,9H,4H2,1-3,5H3. The lowest BCUT2D eigenvalue weighted by Gasteiger charge is -2.15. The number of methoxy groups -OCH3 is 1. The van der Waals surface area contributed by atoms with Crippen molar-refractivity contribution in [2.45, 2.75) is 26.7 Å². The van der Waals surface area contributed by atoms with E-state index in [-0.39, 0.29) is 0 Å². The second-order valence-electron chi connectivity index (χ2n) is 4.15. The van der Waals surface area contributed by atoms with Crippen LogP contribution in [0.5, 0.6) is 5.75 Å². The predicted molar refractivity (Wildman–Crippen MR) is 66.5 cm³/mol. The molecule has 0 amide bonds. The molecule has 0 bridgehead atoms. The summed E-state index contributed by atoms with van der Waals surface area (Å²) in [6.07, 6.45) is 0. The van der Waals surface area contributed by atoms with E-state index in [1.165, 1.54) is 0 Å². The van der Waals surface area contributed by atoms with E-state index in [1.54, 1.807) is 7.11 Å². The summed E-state index contributed by atoms with van der Waals surface area (Å²) in [5, 5.41) is 8.89. The zero-order chi connectivity index (χ0) is 12.3. The average molecular weight is 215 g/mol. The monoisotopic (exact) mass is 215 g/mol. The fraction of sp³-hybridized carbons (Fsp3) is 0.357. The number of ether oxygens (including phenoxy) is 1. The average Bonchev–Trinajstić information content (AvgIpc) is 2.27. The second-order valence-corrected chi connectivity index (χ2v) is 4.15. The molecule has 0 aliphatic rings. The van der Waals surface area contributed by atoms with Crippen LogP contribution in [-0.2, 0) is 0 Å². The molecule has 0 saturated heterocycles. The first-order chi connectivity index (χ1) is 7.51. The number of aryl methyl sites for hydroxylation is 1. The SMILES string of the molecule is C=C(C#N)c1cc(C(C)C)c(OC)cc1C. The maximum Gasteiger partial charge on any atom is 0.122 e. The molecule has 1 aromatic rings. The Morgan fingerprint density at radius 3 is 2.50 bits per heavy atom. The third kappa shape index (κ3) is 2.25. The highest BCUT2D eigenvalue weighted by atomic mass is 16.5.